The first-order chi connectivity index (χ1) is 20.9. The normalized spacial score (nSPS) is 17.3. The number of alkyl halides is 9. The number of hydrogen-bond donors (Lipinski definition) is 0. The Balaban J connectivity index is 1.91. The number of thioether (sulfide) groups is 1. The van der Waals surface area contributed by atoms with Crippen LogP contribution in [0.1, 0.15) is 54.5 Å². The average molecular weight is 671 g/mol. The van der Waals surface area contributed by atoms with E-state index in [1.807, 2.05) is 0 Å². The summed E-state index contributed by atoms with van der Waals surface area (Å²) in [4.78, 5) is 17.1. The van der Waals surface area contributed by atoms with Gasteiger partial charge in [0, 0.05) is 36.0 Å². The molecule has 8 nitrogen and oxygen atoms in total. The molecule has 0 radical (unpaired) electrons. The van der Waals surface area contributed by atoms with Gasteiger partial charge in [-0.05, 0) is 66.3 Å². The summed E-state index contributed by atoms with van der Waals surface area (Å²) < 4.78 is 126. The fraction of sp³-hybridized carbons (Fsp3) is 0.481. The van der Waals surface area contributed by atoms with E-state index in [2.05, 4.69) is 20.1 Å². The van der Waals surface area contributed by atoms with Crippen LogP contribution in [-0.4, -0.2) is 50.5 Å². The zero-order valence-corrected chi connectivity index (χ0v) is 24.8. The molecule has 1 aromatic heterocycles. The third kappa shape index (κ3) is 8.12. The molecule has 0 bridgehead atoms. The van der Waals surface area contributed by atoms with Gasteiger partial charge in [0.1, 0.15) is 5.75 Å². The van der Waals surface area contributed by atoms with Crippen molar-refractivity contribution in [2.45, 2.75) is 63.5 Å². The van der Waals surface area contributed by atoms with Crippen LogP contribution in [0.4, 0.5) is 51.1 Å². The van der Waals surface area contributed by atoms with Crippen LogP contribution >= 0.6 is 11.8 Å². The van der Waals surface area contributed by atoms with Crippen LogP contribution in [0.3, 0.4) is 0 Å². The monoisotopic (exact) mass is 670 g/mol. The molecule has 2 heterocycles. The Bertz CT molecular complexity index is 1480. The van der Waals surface area contributed by atoms with E-state index >= 15 is 0 Å². The first-order valence-corrected chi connectivity index (χ1v) is 14.8. The van der Waals surface area contributed by atoms with Crippen molar-refractivity contribution in [3.05, 3.63) is 58.7 Å². The van der Waals surface area contributed by atoms with Gasteiger partial charge < -0.3 is 14.5 Å². The molecule has 1 aliphatic rings. The minimum absolute atomic E-state index is 0.00370. The van der Waals surface area contributed by atoms with E-state index in [4.69, 9.17) is 0 Å². The number of halogens is 9. The van der Waals surface area contributed by atoms with Gasteiger partial charge >= 0.3 is 18.7 Å². The molecule has 0 saturated carbocycles. The summed E-state index contributed by atoms with van der Waals surface area (Å²) >= 11 is 1.42. The first kappa shape index (κ1) is 34.2. The Morgan fingerprint density at radius 1 is 1.02 bits per heavy atom. The summed E-state index contributed by atoms with van der Waals surface area (Å²) in [6.07, 6.45) is -13.0. The zero-order chi connectivity index (χ0) is 33.3. The SMILES string of the molecule is CC[C@@H]1C[C@H](N(Cc2cc(C(F)(F)F)cc(C(F)(F)F)c2)c2nnn(C)n2)c2cc(OC(F)(F)F)ccc2N1C(=O)CCSC. The number of anilines is 2. The van der Waals surface area contributed by atoms with Crippen LogP contribution in [0.15, 0.2) is 36.4 Å². The second kappa shape index (κ2) is 13.0. The predicted molar refractivity (Wildman–Crippen MR) is 146 cm³/mol. The molecule has 0 spiro atoms. The maximum Gasteiger partial charge on any atom is 0.573 e. The van der Waals surface area contributed by atoms with Crippen LogP contribution in [0.5, 0.6) is 5.75 Å². The van der Waals surface area contributed by atoms with Gasteiger partial charge in [0.05, 0.1) is 24.2 Å². The average Bonchev–Trinajstić information content (AvgIpc) is 3.37. The number of nitrogens with zero attached hydrogens (tertiary/aromatic N) is 6. The van der Waals surface area contributed by atoms with Crippen molar-refractivity contribution in [3.8, 4) is 5.75 Å². The van der Waals surface area contributed by atoms with Gasteiger partial charge in [0.2, 0.25) is 5.91 Å². The molecular weight excluding hydrogens is 643 g/mol. The number of tetrazole rings is 1. The van der Waals surface area contributed by atoms with Gasteiger partial charge in [-0.25, -0.2) is 0 Å². The molecule has 246 valence electrons. The molecule has 0 aliphatic carbocycles. The smallest absolute Gasteiger partial charge is 0.406 e. The van der Waals surface area contributed by atoms with E-state index in [-0.39, 0.29) is 42.0 Å². The summed E-state index contributed by atoms with van der Waals surface area (Å²) in [5.41, 5.74) is -3.18. The van der Waals surface area contributed by atoms with Crippen LogP contribution in [-0.2, 0) is 30.7 Å². The number of hydrogen-bond acceptors (Lipinski definition) is 7. The second-order valence-electron chi connectivity index (χ2n) is 10.2. The van der Waals surface area contributed by atoms with Crippen molar-refractivity contribution in [2.24, 2.45) is 7.05 Å². The highest BCUT2D eigenvalue weighted by Crippen LogP contribution is 2.46. The Morgan fingerprint density at radius 3 is 2.18 bits per heavy atom. The fourth-order valence-corrected chi connectivity index (χ4v) is 5.59. The molecule has 0 unspecified atom stereocenters. The zero-order valence-electron chi connectivity index (χ0n) is 24.0. The molecule has 1 amide bonds. The standard InChI is InChI=1S/C27H27F9N6O2S/c1-4-18-12-22(20-13-19(44-27(34,35)36)5-6-21(20)42(18)23(43)7-8-45-3)41(24-37-39-40(2)38-24)14-15-9-16(25(28,29)30)11-17(10-15)26(31,32)33/h5-6,9-11,13,18,22H,4,7-8,12,14H2,1-3H3/t18-,22+/m1/s1. The lowest BCUT2D eigenvalue weighted by molar-refractivity contribution is -0.274. The molecule has 18 heteroatoms. The highest BCUT2D eigenvalue weighted by atomic mass is 32.2. The number of carbonyl (C=O) groups is 1. The first-order valence-electron chi connectivity index (χ1n) is 13.4. The summed E-state index contributed by atoms with van der Waals surface area (Å²) in [5.74, 6) is -0.689. The van der Waals surface area contributed by atoms with Crippen molar-refractivity contribution in [2.75, 3.05) is 21.8 Å². The number of fused-ring (bicyclic) bond motifs is 1. The predicted octanol–water partition coefficient (Wildman–Crippen LogP) is 7.16. The van der Waals surface area contributed by atoms with E-state index in [0.29, 0.717) is 24.3 Å². The summed E-state index contributed by atoms with van der Waals surface area (Å²) in [6.45, 7) is 1.15. The molecule has 0 saturated heterocycles. The van der Waals surface area contributed by atoms with Crippen molar-refractivity contribution in [3.63, 3.8) is 0 Å². The number of rotatable bonds is 9. The Morgan fingerprint density at radius 2 is 1.67 bits per heavy atom. The second-order valence-corrected chi connectivity index (χ2v) is 11.2. The van der Waals surface area contributed by atoms with Crippen molar-refractivity contribution >= 4 is 29.3 Å². The van der Waals surface area contributed by atoms with Gasteiger partial charge in [-0.3, -0.25) is 4.79 Å². The largest absolute Gasteiger partial charge is 0.573 e. The molecule has 45 heavy (non-hydrogen) atoms. The number of aryl methyl sites for hydroxylation is 1. The van der Waals surface area contributed by atoms with E-state index in [1.165, 1.54) is 34.7 Å². The van der Waals surface area contributed by atoms with Gasteiger partial charge in [0.25, 0.3) is 5.95 Å². The summed E-state index contributed by atoms with van der Waals surface area (Å²) in [5, 5.41) is 11.8. The van der Waals surface area contributed by atoms with Crippen molar-refractivity contribution in [1.82, 2.24) is 20.2 Å². The Hall–Kier alpha value is -3.70. The van der Waals surface area contributed by atoms with E-state index < -0.39 is 59.8 Å². The minimum atomic E-state index is -5.11. The van der Waals surface area contributed by atoms with Gasteiger partial charge in [-0.15, -0.1) is 18.3 Å². The van der Waals surface area contributed by atoms with Gasteiger partial charge in [-0.1, -0.05) is 12.0 Å². The Labute approximate surface area is 255 Å². The number of benzene rings is 2. The molecule has 1 aliphatic heterocycles. The maximum absolute atomic E-state index is 13.7. The highest BCUT2D eigenvalue weighted by molar-refractivity contribution is 7.98. The quantitative estimate of drug-likeness (QED) is 0.224. The summed E-state index contributed by atoms with van der Waals surface area (Å²) in [7, 11) is 1.38. The Kier molecular flexibility index (Phi) is 9.84. The van der Waals surface area contributed by atoms with E-state index in [1.54, 1.807) is 13.2 Å². The van der Waals surface area contributed by atoms with Crippen LogP contribution in [0, 0.1) is 0 Å². The lowest BCUT2D eigenvalue weighted by Crippen LogP contribution is -2.48. The molecular formula is C27H27F9N6O2S. The van der Waals surface area contributed by atoms with Crippen molar-refractivity contribution < 1.29 is 49.0 Å². The summed E-state index contributed by atoms with van der Waals surface area (Å²) in [6, 6.07) is 2.89. The van der Waals surface area contributed by atoms with E-state index in [9.17, 15) is 44.3 Å². The number of aromatic nitrogens is 4. The third-order valence-corrected chi connectivity index (χ3v) is 7.72. The van der Waals surface area contributed by atoms with Gasteiger partial charge in [-0.2, -0.15) is 42.9 Å². The van der Waals surface area contributed by atoms with Crippen LogP contribution in [0.25, 0.3) is 0 Å². The molecule has 4 rings (SSSR count). The molecule has 2 atom stereocenters. The molecule has 3 aromatic rings. The third-order valence-electron chi connectivity index (χ3n) is 7.10. The fourth-order valence-electron chi connectivity index (χ4n) is 5.21. The molecule has 0 fully saturated rings. The van der Waals surface area contributed by atoms with Crippen LogP contribution in [0.2, 0.25) is 0 Å². The van der Waals surface area contributed by atoms with Gasteiger partial charge in [0.15, 0.2) is 0 Å². The lowest BCUT2D eigenvalue weighted by Gasteiger charge is -2.44. The number of ether oxygens (including phenoxy) is 1. The number of amides is 1. The van der Waals surface area contributed by atoms with E-state index in [0.717, 1.165) is 16.9 Å². The topological polar surface area (TPSA) is 76.4 Å². The lowest BCUT2D eigenvalue weighted by atomic mass is 9.88. The van der Waals surface area contributed by atoms with Crippen molar-refractivity contribution in [1.29, 1.82) is 0 Å². The molecule has 0 N–H and O–H groups in total. The van der Waals surface area contributed by atoms with Crippen LogP contribution < -0.4 is 14.5 Å². The highest BCUT2D eigenvalue weighted by Gasteiger charge is 2.41. The number of carbonyl (C=O) groups excluding carboxylic acids is 1. The minimum Gasteiger partial charge on any atom is -0.406 e. The maximum atomic E-state index is 13.7. The molecule has 2 aromatic carbocycles.